The second kappa shape index (κ2) is 8.82. The molecule has 4 nitrogen and oxygen atoms in total. The third-order valence-electron chi connectivity index (χ3n) is 5.35. The highest BCUT2D eigenvalue weighted by atomic mass is 16.6. The van der Waals surface area contributed by atoms with Crippen molar-refractivity contribution < 1.29 is 9.53 Å². The average molecular weight is 386 g/mol. The lowest BCUT2D eigenvalue weighted by Crippen LogP contribution is -2.31. The van der Waals surface area contributed by atoms with E-state index in [1.807, 2.05) is 36.4 Å². The molecule has 0 saturated heterocycles. The van der Waals surface area contributed by atoms with Crippen LogP contribution in [0.15, 0.2) is 78.9 Å². The van der Waals surface area contributed by atoms with E-state index in [9.17, 15) is 4.79 Å². The van der Waals surface area contributed by atoms with Crippen LogP contribution in [-0.2, 0) is 19.4 Å². The SMILES string of the molecule is CN(CCc1ccccc1)C(=O)Oc1ccc2c(c1)CCN2Cc1ccccc1. The van der Waals surface area contributed by atoms with Gasteiger partial charge in [0.1, 0.15) is 5.75 Å². The molecular weight excluding hydrogens is 360 g/mol. The summed E-state index contributed by atoms with van der Waals surface area (Å²) in [6.07, 6.45) is 1.46. The van der Waals surface area contributed by atoms with E-state index < -0.39 is 0 Å². The van der Waals surface area contributed by atoms with E-state index in [-0.39, 0.29) is 6.09 Å². The lowest BCUT2D eigenvalue weighted by Gasteiger charge is -2.20. The number of amides is 1. The smallest absolute Gasteiger partial charge is 0.410 e. The van der Waals surface area contributed by atoms with Crippen LogP contribution in [0.1, 0.15) is 16.7 Å². The Morgan fingerprint density at radius 2 is 1.66 bits per heavy atom. The number of hydrogen-bond donors (Lipinski definition) is 0. The molecule has 0 aliphatic carbocycles. The van der Waals surface area contributed by atoms with Gasteiger partial charge in [0.05, 0.1) is 0 Å². The van der Waals surface area contributed by atoms with Crippen molar-refractivity contribution in [2.75, 3.05) is 25.0 Å². The van der Waals surface area contributed by atoms with Crippen LogP contribution >= 0.6 is 0 Å². The number of carbonyl (C=O) groups is 1. The Hall–Kier alpha value is -3.27. The standard InChI is InChI=1S/C25H26N2O2/c1-26(16-14-20-8-4-2-5-9-20)25(28)29-23-12-13-24-22(18-23)15-17-27(24)19-21-10-6-3-7-11-21/h2-13,18H,14-17,19H2,1H3. The molecule has 0 spiro atoms. The first-order chi connectivity index (χ1) is 14.2. The maximum absolute atomic E-state index is 12.4. The fourth-order valence-corrected chi connectivity index (χ4v) is 3.69. The molecule has 4 rings (SSSR count). The summed E-state index contributed by atoms with van der Waals surface area (Å²) in [7, 11) is 1.78. The van der Waals surface area contributed by atoms with Crippen molar-refractivity contribution in [3.05, 3.63) is 95.6 Å². The highest BCUT2D eigenvalue weighted by Crippen LogP contribution is 2.32. The van der Waals surface area contributed by atoms with Crippen LogP contribution in [-0.4, -0.2) is 31.1 Å². The first-order valence-electron chi connectivity index (χ1n) is 10.1. The van der Waals surface area contributed by atoms with Crippen LogP contribution in [0, 0.1) is 0 Å². The molecule has 3 aromatic rings. The third kappa shape index (κ3) is 4.77. The molecule has 29 heavy (non-hydrogen) atoms. The fraction of sp³-hybridized carbons (Fsp3) is 0.240. The molecule has 1 amide bonds. The highest BCUT2D eigenvalue weighted by molar-refractivity contribution is 5.71. The summed E-state index contributed by atoms with van der Waals surface area (Å²) < 4.78 is 5.61. The van der Waals surface area contributed by atoms with Gasteiger partial charge in [0.25, 0.3) is 0 Å². The zero-order chi connectivity index (χ0) is 20.1. The second-order valence-corrected chi connectivity index (χ2v) is 7.47. The average Bonchev–Trinajstić information content (AvgIpc) is 3.15. The molecule has 3 aromatic carbocycles. The first-order valence-corrected chi connectivity index (χ1v) is 10.1. The van der Waals surface area contributed by atoms with Crippen LogP contribution in [0.5, 0.6) is 5.75 Å². The topological polar surface area (TPSA) is 32.8 Å². The molecule has 0 unspecified atom stereocenters. The molecule has 0 aromatic heterocycles. The summed E-state index contributed by atoms with van der Waals surface area (Å²) in [4.78, 5) is 16.4. The number of anilines is 1. The van der Waals surface area contributed by atoms with Crippen molar-refractivity contribution in [1.82, 2.24) is 4.90 Å². The van der Waals surface area contributed by atoms with E-state index in [1.54, 1.807) is 11.9 Å². The van der Waals surface area contributed by atoms with Gasteiger partial charge in [-0.3, -0.25) is 0 Å². The van der Waals surface area contributed by atoms with E-state index in [0.29, 0.717) is 12.3 Å². The number of ether oxygens (including phenoxy) is 1. The highest BCUT2D eigenvalue weighted by Gasteiger charge is 2.20. The van der Waals surface area contributed by atoms with Gasteiger partial charge in [-0.25, -0.2) is 4.79 Å². The van der Waals surface area contributed by atoms with Crippen molar-refractivity contribution in [2.45, 2.75) is 19.4 Å². The van der Waals surface area contributed by atoms with Gasteiger partial charge >= 0.3 is 6.09 Å². The summed E-state index contributed by atoms with van der Waals surface area (Å²) in [5.74, 6) is 0.613. The van der Waals surface area contributed by atoms with Crippen LogP contribution < -0.4 is 9.64 Å². The van der Waals surface area contributed by atoms with Gasteiger partial charge in [0, 0.05) is 32.4 Å². The van der Waals surface area contributed by atoms with E-state index in [0.717, 1.165) is 25.9 Å². The van der Waals surface area contributed by atoms with Gasteiger partial charge < -0.3 is 14.5 Å². The summed E-state index contributed by atoms with van der Waals surface area (Å²) >= 11 is 0. The Balaban J connectivity index is 1.35. The number of likely N-dealkylation sites (N-methyl/N-ethyl adjacent to an activating group) is 1. The quantitative estimate of drug-likeness (QED) is 0.603. The first kappa shape index (κ1) is 19.1. The number of carbonyl (C=O) groups excluding carboxylic acids is 1. The molecule has 0 atom stereocenters. The molecule has 148 valence electrons. The maximum Gasteiger partial charge on any atom is 0.414 e. The van der Waals surface area contributed by atoms with Gasteiger partial charge in [-0.2, -0.15) is 0 Å². The molecule has 4 heteroatoms. The number of fused-ring (bicyclic) bond motifs is 1. The zero-order valence-electron chi connectivity index (χ0n) is 16.8. The van der Waals surface area contributed by atoms with Gasteiger partial charge in [-0.15, -0.1) is 0 Å². The number of hydrogen-bond acceptors (Lipinski definition) is 3. The van der Waals surface area contributed by atoms with Gasteiger partial charge in [0.15, 0.2) is 0 Å². The Labute approximate surface area is 172 Å². The van der Waals surface area contributed by atoms with E-state index in [1.165, 1.54) is 22.4 Å². The normalized spacial score (nSPS) is 12.5. The number of benzene rings is 3. The van der Waals surface area contributed by atoms with Crippen LogP contribution in [0.4, 0.5) is 10.5 Å². The molecule has 1 aliphatic heterocycles. The van der Waals surface area contributed by atoms with Gasteiger partial charge in [-0.1, -0.05) is 60.7 Å². The van der Waals surface area contributed by atoms with E-state index >= 15 is 0 Å². The van der Waals surface area contributed by atoms with Gasteiger partial charge in [0.2, 0.25) is 0 Å². The van der Waals surface area contributed by atoms with Crippen LogP contribution in [0.3, 0.4) is 0 Å². The minimum absolute atomic E-state index is 0.319. The van der Waals surface area contributed by atoms with Crippen molar-refractivity contribution in [2.24, 2.45) is 0 Å². The van der Waals surface area contributed by atoms with Crippen molar-refractivity contribution in [1.29, 1.82) is 0 Å². The largest absolute Gasteiger partial charge is 0.414 e. The molecule has 1 heterocycles. The van der Waals surface area contributed by atoms with Crippen LogP contribution in [0.25, 0.3) is 0 Å². The fourth-order valence-electron chi connectivity index (χ4n) is 3.69. The summed E-state index contributed by atoms with van der Waals surface area (Å²) in [5.41, 5.74) is 4.98. The Morgan fingerprint density at radius 1 is 0.966 bits per heavy atom. The Morgan fingerprint density at radius 3 is 2.38 bits per heavy atom. The predicted octanol–water partition coefficient (Wildman–Crippen LogP) is 4.92. The molecule has 1 aliphatic rings. The summed E-state index contributed by atoms with van der Waals surface area (Å²) in [6, 6.07) is 26.6. The van der Waals surface area contributed by atoms with Crippen molar-refractivity contribution in [3.8, 4) is 5.75 Å². The minimum Gasteiger partial charge on any atom is -0.410 e. The maximum atomic E-state index is 12.4. The minimum atomic E-state index is -0.319. The lowest BCUT2D eigenvalue weighted by atomic mass is 10.1. The third-order valence-corrected chi connectivity index (χ3v) is 5.35. The van der Waals surface area contributed by atoms with Crippen LogP contribution in [0.2, 0.25) is 0 Å². The summed E-state index contributed by atoms with van der Waals surface area (Å²) in [6.45, 7) is 2.51. The van der Waals surface area contributed by atoms with Gasteiger partial charge in [-0.05, 0) is 47.7 Å². The summed E-state index contributed by atoms with van der Waals surface area (Å²) in [5, 5.41) is 0. The molecule has 0 N–H and O–H groups in total. The lowest BCUT2D eigenvalue weighted by molar-refractivity contribution is 0.163. The van der Waals surface area contributed by atoms with E-state index in [2.05, 4.69) is 47.4 Å². The van der Waals surface area contributed by atoms with Crippen molar-refractivity contribution >= 4 is 11.8 Å². The number of rotatable bonds is 6. The number of nitrogens with zero attached hydrogens (tertiary/aromatic N) is 2. The molecular formula is C25H26N2O2. The Kier molecular flexibility index (Phi) is 5.80. The predicted molar refractivity (Wildman–Crippen MR) is 116 cm³/mol. The molecule has 0 radical (unpaired) electrons. The molecule has 0 bridgehead atoms. The molecule has 0 saturated carbocycles. The Bertz CT molecular complexity index is 957. The van der Waals surface area contributed by atoms with E-state index in [4.69, 9.17) is 4.74 Å². The van der Waals surface area contributed by atoms with Crippen molar-refractivity contribution in [3.63, 3.8) is 0 Å². The molecule has 0 fully saturated rings. The monoisotopic (exact) mass is 386 g/mol. The zero-order valence-corrected chi connectivity index (χ0v) is 16.8. The second-order valence-electron chi connectivity index (χ2n) is 7.47.